The number of nitrogens with one attached hydrogen (secondary N) is 1. The van der Waals surface area contributed by atoms with Crippen LogP contribution in [0.5, 0.6) is 0 Å². The molecule has 0 aliphatic carbocycles. The number of methoxy groups -OCH3 is 1. The van der Waals surface area contributed by atoms with E-state index < -0.39 is 17.6 Å². The van der Waals surface area contributed by atoms with Gasteiger partial charge in [-0.15, -0.1) is 0 Å². The number of aromatic nitrogens is 1. The molecular formula is C12H10F2N2O2. The molecule has 0 radical (unpaired) electrons. The minimum absolute atomic E-state index is 0.165. The van der Waals surface area contributed by atoms with Crippen molar-refractivity contribution in [1.29, 1.82) is 0 Å². The average Bonchev–Trinajstić information content (AvgIpc) is 2.38. The Balaban J connectivity index is 2.78. The maximum atomic E-state index is 13.2. The highest BCUT2D eigenvalue weighted by atomic mass is 19.2. The molecule has 0 atom stereocenters. The summed E-state index contributed by atoms with van der Waals surface area (Å²) in [5.41, 5.74) is 0.773. The van der Waals surface area contributed by atoms with Crippen molar-refractivity contribution in [1.82, 2.24) is 4.98 Å². The normalized spacial score (nSPS) is 10.4. The number of benzene rings is 1. The molecule has 2 aromatic rings. The lowest BCUT2D eigenvalue weighted by atomic mass is 10.1. The fraction of sp³-hybridized carbons (Fsp3) is 0.167. The molecular weight excluding hydrogens is 242 g/mol. The van der Waals surface area contributed by atoms with Gasteiger partial charge in [0.1, 0.15) is 5.56 Å². The number of ether oxygens (including phenoxy) is 1. The first-order valence-corrected chi connectivity index (χ1v) is 5.12. The standard InChI is InChI=1S/C12H10F2N2O2/c1-15-11-6-3-8(13)9(14)4-10(6)16-5-7(11)12(17)18-2/h3-5H,1-2H3,(H,15,16). The van der Waals surface area contributed by atoms with Crippen molar-refractivity contribution < 1.29 is 18.3 Å². The van der Waals surface area contributed by atoms with Crippen molar-refractivity contribution >= 4 is 22.6 Å². The van der Waals surface area contributed by atoms with Gasteiger partial charge in [0.05, 0.1) is 18.3 Å². The molecule has 0 saturated heterocycles. The average molecular weight is 252 g/mol. The summed E-state index contributed by atoms with van der Waals surface area (Å²) in [5, 5.41) is 3.09. The van der Waals surface area contributed by atoms with Crippen LogP contribution in [0.1, 0.15) is 10.4 Å². The molecule has 0 spiro atoms. The molecule has 1 aromatic carbocycles. The number of esters is 1. The van der Waals surface area contributed by atoms with E-state index in [-0.39, 0.29) is 11.1 Å². The molecule has 94 valence electrons. The zero-order chi connectivity index (χ0) is 13.3. The number of rotatable bonds is 2. The molecule has 0 amide bonds. The van der Waals surface area contributed by atoms with Gasteiger partial charge in [-0.25, -0.2) is 13.6 Å². The van der Waals surface area contributed by atoms with E-state index in [0.29, 0.717) is 11.1 Å². The molecule has 0 aliphatic rings. The van der Waals surface area contributed by atoms with E-state index in [4.69, 9.17) is 0 Å². The van der Waals surface area contributed by atoms with Gasteiger partial charge in [-0.05, 0) is 6.07 Å². The molecule has 1 aromatic heterocycles. The highest BCUT2D eigenvalue weighted by Gasteiger charge is 2.16. The van der Waals surface area contributed by atoms with E-state index in [1.54, 1.807) is 7.05 Å². The van der Waals surface area contributed by atoms with E-state index in [1.165, 1.54) is 13.3 Å². The van der Waals surface area contributed by atoms with Crippen LogP contribution in [0, 0.1) is 11.6 Å². The Kier molecular flexibility index (Phi) is 3.10. The second kappa shape index (κ2) is 4.56. The summed E-state index contributed by atoms with van der Waals surface area (Å²) in [4.78, 5) is 15.4. The SMILES string of the molecule is CNc1c(C(=O)OC)cnc2cc(F)c(F)cc12. The number of hydrogen-bond donors (Lipinski definition) is 1. The first-order valence-electron chi connectivity index (χ1n) is 5.12. The van der Waals surface area contributed by atoms with E-state index in [2.05, 4.69) is 15.0 Å². The zero-order valence-corrected chi connectivity index (χ0v) is 9.75. The van der Waals surface area contributed by atoms with Crippen LogP contribution in [0.2, 0.25) is 0 Å². The molecule has 0 bridgehead atoms. The fourth-order valence-electron chi connectivity index (χ4n) is 1.72. The third-order valence-corrected chi connectivity index (χ3v) is 2.57. The van der Waals surface area contributed by atoms with Crippen molar-refractivity contribution in [2.75, 3.05) is 19.5 Å². The second-order valence-corrected chi connectivity index (χ2v) is 3.57. The molecule has 18 heavy (non-hydrogen) atoms. The molecule has 6 heteroatoms. The summed E-state index contributed by atoms with van der Waals surface area (Å²) < 4.78 is 30.9. The lowest BCUT2D eigenvalue weighted by Gasteiger charge is -2.10. The smallest absolute Gasteiger partial charge is 0.341 e. The van der Waals surface area contributed by atoms with Crippen LogP contribution in [0.25, 0.3) is 10.9 Å². The molecule has 0 saturated carbocycles. The van der Waals surface area contributed by atoms with Gasteiger partial charge in [-0.2, -0.15) is 0 Å². The van der Waals surface area contributed by atoms with Crippen LogP contribution in [0.3, 0.4) is 0 Å². The Hall–Kier alpha value is -2.24. The topological polar surface area (TPSA) is 51.2 Å². The number of nitrogens with zero attached hydrogens (tertiary/aromatic N) is 1. The summed E-state index contributed by atoms with van der Waals surface area (Å²) in [6, 6.07) is 1.97. The minimum Gasteiger partial charge on any atom is -0.465 e. The van der Waals surface area contributed by atoms with Gasteiger partial charge in [0, 0.05) is 24.7 Å². The number of pyridine rings is 1. The van der Waals surface area contributed by atoms with Crippen LogP contribution in [-0.4, -0.2) is 25.1 Å². The van der Waals surface area contributed by atoms with Gasteiger partial charge in [0.15, 0.2) is 11.6 Å². The van der Waals surface area contributed by atoms with Crippen LogP contribution in [0.4, 0.5) is 14.5 Å². The van der Waals surface area contributed by atoms with Crippen molar-refractivity contribution in [3.05, 3.63) is 35.5 Å². The van der Waals surface area contributed by atoms with Crippen LogP contribution >= 0.6 is 0 Å². The Morgan fingerprint density at radius 2 is 2.00 bits per heavy atom. The molecule has 1 heterocycles. The van der Waals surface area contributed by atoms with E-state index in [9.17, 15) is 13.6 Å². The summed E-state index contributed by atoms with van der Waals surface area (Å²) >= 11 is 0. The number of halogens is 2. The van der Waals surface area contributed by atoms with Crippen LogP contribution in [-0.2, 0) is 4.74 Å². The summed E-state index contributed by atoms with van der Waals surface area (Å²) in [5.74, 6) is -2.58. The number of carbonyl (C=O) groups is 1. The molecule has 0 unspecified atom stereocenters. The summed E-state index contributed by atoms with van der Waals surface area (Å²) in [7, 11) is 2.81. The van der Waals surface area contributed by atoms with Crippen molar-refractivity contribution in [3.63, 3.8) is 0 Å². The Morgan fingerprint density at radius 1 is 1.33 bits per heavy atom. The van der Waals surface area contributed by atoms with Crippen molar-refractivity contribution in [3.8, 4) is 0 Å². The second-order valence-electron chi connectivity index (χ2n) is 3.57. The maximum absolute atomic E-state index is 13.2. The lowest BCUT2D eigenvalue weighted by Crippen LogP contribution is -2.07. The van der Waals surface area contributed by atoms with Gasteiger partial charge in [-0.3, -0.25) is 4.98 Å². The first kappa shape index (κ1) is 12.2. The van der Waals surface area contributed by atoms with Gasteiger partial charge >= 0.3 is 5.97 Å². The zero-order valence-electron chi connectivity index (χ0n) is 9.75. The van der Waals surface area contributed by atoms with Crippen LogP contribution in [0.15, 0.2) is 18.3 Å². The van der Waals surface area contributed by atoms with Crippen LogP contribution < -0.4 is 5.32 Å². The van der Waals surface area contributed by atoms with E-state index >= 15 is 0 Å². The minimum atomic E-state index is -0.997. The van der Waals surface area contributed by atoms with Gasteiger partial charge in [0.25, 0.3) is 0 Å². The molecule has 4 nitrogen and oxygen atoms in total. The predicted molar refractivity (Wildman–Crippen MR) is 62.5 cm³/mol. The molecule has 1 N–H and O–H groups in total. The maximum Gasteiger partial charge on any atom is 0.341 e. The van der Waals surface area contributed by atoms with Gasteiger partial charge in [-0.1, -0.05) is 0 Å². The Morgan fingerprint density at radius 3 is 2.61 bits per heavy atom. The van der Waals surface area contributed by atoms with Crippen molar-refractivity contribution in [2.45, 2.75) is 0 Å². The van der Waals surface area contributed by atoms with Crippen molar-refractivity contribution in [2.24, 2.45) is 0 Å². The number of hydrogen-bond acceptors (Lipinski definition) is 4. The lowest BCUT2D eigenvalue weighted by molar-refractivity contribution is 0.0601. The third kappa shape index (κ3) is 1.85. The Bertz CT molecular complexity index is 629. The quantitative estimate of drug-likeness (QED) is 0.833. The number of carbonyl (C=O) groups excluding carboxylic acids is 1. The molecule has 0 aliphatic heterocycles. The van der Waals surface area contributed by atoms with Gasteiger partial charge < -0.3 is 10.1 Å². The van der Waals surface area contributed by atoms with E-state index in [0.717, 1.165) is 12.1 Å². The monoisotopic (exact) mass is 252 g/mol. The highest BCUT2D eigenvalue weighted by Crippen LogP contribution is 2.27. The molecule has 0 fully saturated rings. The molecule has 2 rings (SSSR count). The third-order valence-electron chi connectivity index (χ3n) is 2.57. The number of fused-ring (bicyclic) bond motifs is 1. The Labute approximate surface area is 102 Å². The predicted octanol–water partition coefficient (Wildman–Crippen LogP) is 2.34. The highest BCUT2D eigenvalue weighted by molar-refractivity contribution is 6.04. The number of anilines is 1. The summed E-state index contributed by atoms with van der Waals surface area (Å²) in [6.45, 7) is 0. The largest absolute Gasteiger partial charge is 0.465 e. The summed E-state index contributed by atoms with van der Waals surface area (Å²) in [6.07, 6.45) is 1.26. The van der Waals surface area contributed by atoms with Gasteiger partial charge in [0.2, 0.25) is 0 Å². The fourth-order valence-corrected chi connectivity index (χ4v) is 1.72. The van der Waals surface area contributed by atoms with E-state index in [1.807, 2.05) is 0 Å². The first-order chi connectivity index (χ1) is 8.58.